The molecule has 1 heterocycles. The van der Waals surface area contributed by atoms with Crippen molar-refractivity contribution in [3.63, 3.8) is 0 Å². The van der Waals surface area contributed by atoms with Gasteiger partial charge in [0.15, 0.2) is 5.78 Å². The number of nitrogens with zero attached hydrogens (tertiary/aromatic N) is 1. The highest BCUT2D eigenvalue weighted by atomic mass is 35.5. The van der Waals surface area contributed by atoms with Crippen molar-refractivity contribution in [2.45, 2.75) is 0 Å². The first-order chi connectivity index (χ1) is 18.4. The van der Waals surface area contributed by atoms with Gasteiger partial charge in [-0.3, -0.25) is 19.4 Å². The zero-order valence-corrected chi connectivity index (χ0v) is 20.7. The molecule has 4 aromatic rings. The Labute approximate surface area is 223 Å². The van der Waals surface area contributed by atoms with Crippen LogP contribution >= 0.6 is 11.6 Å². The fraction of sp³-hybridized carbons (Fsp3) is 0. The number of aromatic nitrogens is 1. The smallest absolute Gasteiger partial charge is 0.272 e. The van der Waals surface area contributed by atoms with Crippen LogP contribution in [0.4, 0.5) is 10.1 Å². The number of benzene rings is 3. The third kappa shape index (κ3) is 6.87. The van der Waals surface area contributed by atoms with Gasteiger partial charge in [-0.25, -0.2) is 4.39 Å². The van der Waals surface area contributed by atoms with Crippen LogP contribution in [0.15, 0.2) is 109 Å². The van der Waals surface area contributed by atoms with E-state index in [1.165, 1.54) is 48.6 Å². The summed E-state index contributed by atoms with van der Waals surface area (Å²) in [5, 5.41) is 5.57. The van der Waals surface area contributed by atoms with Gasteiger partial charge in [-0.2, -0.15) is 0 Å². The average Bonchev–Trinajstić information content (AvgIpc) is 2.93. The highest BCUT2D eigenvalue weighted by molar-refractivity contribution is 6.32. The fourth-order valence-electron chi connectivity index (χ4n) is 3.41. The Hall–Kier alpha value is -4.88. The molecule has 0 bridgehead atoms. The Bertz CT molecular complexity index is 1500. The Morgan fingerprint density at radius 3 is 2.29 bits per heavy atom. The van der Waals surface area contributed by atoms with Gasteiger partial charge in [-0.15, -0.1) is 0 Å². The predicted molar refractivity (Wildman–Crippen MR) is 146 cm³/mol. The van der Waals surface area contributed by atoms with Crippen LogP contribution in [0, 0.1) is 5.82 Å². The number of pyridine rings is 1. The molecular weight excluding hydrogens is 505 g/mol. The normalized spacial score (nSPS) is 11.3. The monoisotopic (exact) mass is 525 g/mol. The molecule has 38 heavy (non-hydrogen) atoms. The molecule has 0 aliphatic heterocycles. The van der Waals surface area contributed by atoms with Crippen LogP contribution < -0.4 is 10.6 Å². The first-order valence-electron chi connectivity index (χ1n) is 11.5. The van der Waals surface area contributed by atoms with Gasteiger partial charge in [0.1, 0.15) is 11.5 Å². The van der Waals surface area contributed by atoms with E-state index in [1.54, 1.807) is 67.0 Å². The largest absolute Gasteiger partial charge is 0.321 e. The van der Waals surface area contributed by atoms with E-state index in [2.05, 4.69) is 15.6 Å². The van der Waals surface area contributed by atoms with Crippen molar-refractivity contribution >= 4 is 47.0 Å². The first kappa shape index (κ1) is 26.2. The number of amides is 2. The number of carbonyl (C=O) groups is 3. The van der Waals surface area contributed by atoms with E-state index in [-0.39, 0.29) is 22.1 Å². The number of hydrogen-bond donors (Lipinski definition) is 2. The maximum absolute atomic E-state index is 13.9. The van der Waals surface area contributed by atoms with Crippen LogP contribution in [-0.2, 0) is 4.79 Å². The molecule has 0 aliphatic rings. The summed E-state index contributed by atoms with van der Waals surface area (Å²) in [5.41, 5.74) is 1.88. The van der Waals surface area contributed by atoms with Crippen LogP contribution in [0.25, 0.3) is 12.2 Å². The van der Waals surface area contributed by atoms with Gasteiger partial charge in [-0.1, -0.05) is 41.9 Å². The summed E-state index contributed by atoms with van der Waals surface area (Å²) in [7, 11) is 0. The lowest BCUT2D eigenvalue weighted by molar-refractivity contribution is -0.113. The van der Waals surface area contributed by atoms with Crippen LogP contribution in [-0.4, -0.2) is 22.6 Å². The molecule has 0 unspecified atom stereocenters. The van der Waals surface area contributed by atoms with Gasteiger partial charge < -0.3 is 10.6 Å². The van der Waals surface area contributed by atoms with Crippen molar-refractivity contribution in [3.05, 3.63) is 142 Å². The first-order valence-corrected chi connectivity index (χ1v) is 11.8. The third-order valence-electron chi connectivity index (χ3n) is 5.35. The zero-order chi connectivity index (χ0) is 26.9. The number of halogens is 2. The van der Waals surface area contributed by atoms with Gasteiger partial charge in [0.2, 0.25) is 0 Å². The predicted octanol–water partition coefficient (Wildman–Crippen LogP) is 6.18. The topological polar surface area (TPSA) is 88.2 Å². The van der Waals surface area contributed by atoms with Crippen molar-refractivity contribution in [1.82, 2.24) is 10.3 Å². The molecule has 3 aromatic carbocycles. The third-order valence-corrected chi connectivity index (χ3v) is 5.68. The Balaban J connectivity index is 1.49. The number of ketones is 1. The Morgan fingerprint density at radius 1 is 0.842 bits per heavy atom. The molecule has 0 saturated carbocycles. The summed E-state index contributed by atoms with van der Waals surface area (Å²) in [6, 6.07) is 22.4. The minimum Gasteiger partial charge on any atom is -0.321 e. The fourth-order valence-corrected chi connectivity index (χ4v) is 3.64. The number of allylic oxidation sites excluding steroid dienone is 1. The van der Waals surface area contributed by atoms with Crippen molar-refractivity contribution in [1.29, 1.82) is 0 Å². The zero-order valence-electron chi connectivity index (χ0n) is 19.9. The summed E-state index contributed by atoms with van der Waals surface area (Å²) in [5.74, 6) is -1.91. The van der Waals surface area contributed by atoms with E-state index in [4.69, 9.17) is 11.6 Å². The van der Waals surface area contributed by atoms with E-state index in [9.17, 15) is 18.8 Å². The van der Waals surface area contributed by atoms with E-state index in [0.29, 0.717) is 22.4 Å². The van der Waals surface area contributed by atoms with Crippen LogP contribution in [0.1, 0.15) is 31.8 Å². The summed E-state index contributed by atoms with van der Waals surface area (Å²) in [4.78, 5) is 42.4. The second-order valence-electron chi connectivity index (χ2n) is 8.03. The molecule has 6 nitrogen and oxygen atoms in total. The lowest BCUT2D eigenvalue weighted by Gasteiger charge is -2.11. The van der Waals surface area contributed by atoms with Gasteiger partial charge in [0.25, 0.3) is 11.8 Å². The molecule has 4 rings (SSSR count). The van der Waals surface area contributed by atoms with Gasteiger partial charge in [0, 0.05) is 34.8 Å². The molecule has 188 valence electrons. The molecule has 2 amide bonds. The Morgan fingerprint density at radius 2 is 1.61 bits per heavy atom. The maximum Gasteiger partial charge on any atom is 0.272 e. The second kappa shape index (κ2) is 12.4. The molecule has 0 atom stereocenters. The van der Waals surface area contributed by atoms with Crippen molar-refractivity contribution < 1.29 is 18.8 Å². The molecule has 0 fully saturated rings. The van der Waals surface area contributed by atoms with Crippen molar-refractivity contribution in [2.24, 2.45) is 0 Å². The summed E-state index contributed by atoms with van der Waals surface area (Å²) >= 11 is 5.99. The summed E-state index contributed by atoms with van der Waals surface area (Å²) < 4.78 is 13.9. The second-order valence-corrected chi connectivity index (χ2v) is 8.44. The molecular formula is C30H21ClFN3O3. The van der Waals surface area contributed by atoms with Crippen LogP contribution in [0.5, 0.6) is 0 Å². The average molecular weight is 526 g/mol. The molecule has 2 N–H and O–H groups in total. The van der Waals surface area contributed by atoms with E-state index in [1.807, 2.05) is 0 Å². The number of carbonyl (C=O) groups excluding carboxylic acids is 3. The summed E-state index contributed by atoms with van der Waals surface area (Å²) in [6.07, 6.45) is 7.22. The molecule has 0 saturated heterocycles. The highest BCUT2D eigenvalue weighted by Gasteiger charge is 2.15. The van der Waals surface area contributed by atoms with Gasteiger partial charge in [0.05, 0.1) is 5.02 Å². The number of nitrogens with one attached hydrogen (secondary N) is 2. The van der Waals surface area contributed by atoms with E-state index >= 15 is 0 Å². The minimum atomic E-state index is -0.564. The van der Waals surface area contributed by atoms with Crippen molar-refractivity contribution in [3.8, 4) is 0 Å². The minimum absolute atomic E-state index is 0.0108. The number of rotatable bonds is 8. The standard InChI is InChI=1S/C30H21ClFN3O3/c31-25-9-4-10-26(32)24(25)15-16-28(36)21-11-13-23(14-12-21)34-30(38)27(18-20-6-5-17-33-19-20)35-29(37)22-7-2-1-3-8-22/h1-19H,(H,34,38)(H,35,37)/b16-15+,27-18-. The van der Waals surface area contributed by atoms with Crippen molar-refractivity contribution in [2.75, 3.05) is 5.32 Å². The van der Waals surface area contributed by atoms with E-state index in [0.717, 1.165) is 0 Å². The van der Waals surface area contributed by atoms with Crippen LogP contribution in [0.2, 0.25) is 5.02 Å². The molecule has 0 radical (unpaired) electrons. The number of hydrogen-bond acceptors (Lipinski definition) is 4. The lowest BCUT2D eigenvalue weighted by Crippen LogP contribution is -2.30. The summed E-state index contributed by atoms with van der Waals surface area (Å²) in [6.45, 7) is 0. The molecule has 0 spiro atoms. The SMILES string of the molecule is O=C(Nc1ccc(C(=O)/C=C/c2c(F)cccc2Cl)cc1)/C(=C/c1cccnc1)NC(=O)c1ccccc1. The van der Waals surface area contributed by atoms with Gasteiger partial charge >= 0.3 is 0 Å². The maximum atomic E-state index is 13.9. The molecule has 1 aromatic heterocycles. The highest BCUT2D eigenvalue weighted by Crippen LogP contribution is 2.21. The Kier molecular flexibility index (Phi) is 8.53. The number of anilines is 1. The quantitative estimate of drug-likeness (QED) is 0.212. The van der Waals surface area contributed by atoms with E-state index < -0.39 is 17.6 Å². The van der Waals surface area contributed by atoms with Gasteiger partial charge in [-0.05, 0) is 78.4 Å². The van der Waals surface area contributed by atoms with Crippen LogP contribution in [0.3, 0.4) is 0 Å². The molecule has 0 aliphatic carbocycles. The molecule has 8 heteroatoms. The lowest BCUT2D eigenvalue weighted by atomic mass is 10.1.